The molecule has 1 aliphatic rings. The molecule has 0 radical (unpaired) electrons. The van der Waals surface area contributed by atoms with E-state index in [1.807, 2.05) is 6.92 Å². The number of alkyl halides is 6. The van der Waals surface area contributed by atoms with Crippen LogP contribution < -0.4 is 5.32 Å². The Morgan fingerprint density at radius 2 is 1.64 bits per heavy atom. The van der Waals surface area contributed by atoms with Crippen LogP contribution in [-0.4, -0.2) is 17.1 Å². The van der Waals surface area contributed by atoms with E-state index in [2.05, 4.69) is 5.32 Å². The highest BCUT2D eigenvalue weighted by molar-refractivity contribution is 5.79. The van der Waals surface area contributed by atoms with E-state index < -0.39 is 48.0 Å². The van der Waals surface area contributed by atoms with Gasteiger partial charge in [0.05, 0.1) is 17.2 Å². The van der Waals surface area contributed by atoms with Crippen molar-refractivity contribution in [3.05, 3.63) is 34.9 Å². The van der Waals surface area contributed by atoms with Crippen molar-refractivity contribution in [2.24, 2.45) is 17.8 Å². The van der Waals surface area contributed by atoms with Crippen molar-refractivity contribution in [1.29, 1.82) is 0 Å². The summed E-state index contributed by atoms with van der Waals surface area (Å²) in [5, 5.41) is 12.0. The van der Waals surface area contributed by atoms with Crippen molar-refractivity contribution in [2.75, 3.05) is 0 Å². The third-order valence-electron chi connectivity index (χ3n) is 5.03. The smallest absolute Gasteiger partial charge is 0.393 e. The fraction of sp³-hybridized carbons (Fsp3) is 0.632. The fourth-order valence-electron chi connectivity index (χ4n) is 3.86. The molecule has 158 valence electrons. The molecular formula is C19H23F6NO2. The van der Waals surface area contributed by atoms with Gasteiger partial charge in [0.2, 0.25) is 5.91 Å². The van der Waals surface area contributed by atoms with Crippen LogP contribution in [0.3, 0.4) is 0 Å². The highest BCUT2D eigenvalue weighted by atomic mass is 19.4. The summed E-state index contributed by atoms with van der Waals surface area (Å²) in [6.07, 6.45) is -8.72. The standard InChI is InChI=1S/C19H23F6NO2/c1-10-3-13(5-11(2)27)16(4-10)17(28)26-9-12-6-14(18(20,21)22)8-15(7-12)19(23,24)25/h6-8,10-11,13,16,27H,3-5,9H2,1-2H3,(H,26,28)/t10-,11?,13?,16-/m1/s1. The molecule has 1 fully saturated rings. The summed E-state index contributed by atoms with van der Waals surface area (Å²) < 4.78 is 77.5. The van der Waals surface area contributed by atoms with Gasteiger partial charge in [0, 0.05) is 12.5 Å². The number of aliphatic hydroxyl groups excluding tert-OH is 1. The Morgan fingerprint density at radius 3 is 2.11 bits per heavy atom. The zero-order chi connectivity index (χ0) is 21.3. The molecule has 28 heavy (non-hydrogen) atoms. The molecule has 0 saturated heterocycles. The normalized spacial score (nSPS) is 24.2. The lowest BCUT2D eigenvalue weighted by Gasteiger charge is -2.20. The molecule has 1 amide bonds. The first-order chi connectivity index (χ1) is 12.8. The lowest BCUT2D eigenvalue weighted by atomic mass is 9.90. The molecule has 1 aromatic carbocycles. The first kappa shape index (κ1) is 22.5. The van der Waals surface area contributed by atoms with Crippen LogP contribution in [0, 0.1) is 17.8 Å². The average molecular weight is 411 g/mol. The summed E-state index contributed by atoms with van der Waals surface area (Å²) in [5.41, 5.74) is -3.09. The van der Waals surface area contributed by atoms with E-state index in [0.717, 1.165) is 6.42 Å². The topological polar surface area (TPSA) is 49.3 Å². The Labute approximate surface area is 159 Å². The molecule has 0 bridgehead atoms. The number of rotatable bonds is 5. The van der Waals surface area contributed by atoms with Crippen LogP contribution in [0.5, 0.6) is 0 Å². The zero-order valence-electron chi connectivity index (χ0n) is 15.5. The molecule has 2 N–H and O–H groups in total. The molecule has 0 spiro atoms. The molecule has 0 aliphatic heterocycles. The first-order valence-electron chi connectivity index (χ1n) is 9.01. The van der Waals surface area contributed by atoms with Crippen LogP contribution in [0.15, 0.2) is 18.2 Å². The van der Waals surface area contributed by atoms with Crippen molar-refractivity contribution >= 4 is 5.91 Å². The largest absolute Gasteiger partial charge is 0.416 e. The second-order valence-electron chi connectivity index (χ2n) is 7.66. The summed E-state index contributed by atoms with van der Waals surface area (Å²) in [6.45, 7) is 3.14. The van der Waals surface area contributed by atoms with Crippen molar-refractivity contribution in [3.8, 4) is 0 Å². The number of aliphatic hydroxyl groups is 1. The Balaban J connectivity index is 2.16. The van der Waals surface area contributed by atoms with Crippen molar-refractivity contribution in [1.82, 2.24) is 5.32 Å². The van der Waals surface area contributed by atoms with Crippen LogP contribution in [-0.2, 0) is 23.7 Å². The maximum atomic E-state index is 12.9. The van der Waals surface area contributed by atoms with E-state index in [1.165, 1.54) is 0 Å². The van der Waals surface area contributed by atoms with Crippen LogP contribution in [0.25, 0.3) is 0 Å². The predicted octanol–water partition coefficient (Wildman–Crippen LogP) is 4.77. The Morgan fingerprint density at radius 1 is 1.11 bits per heavy atom. The van der Waals surface area contributed by atoms with Crippen molar-refractivity contribution in [2.45, 2.75) is 58.1 Å². The quantitative estimate of drug-likeness (QED) is 0.686. The summed E-state index contributed by atoms with van der Waals surface area (Å²) >= 11 is 0. The third kappa shape index (κ3) is 5.86. The number of halogens is 6. The van der Waals surface area contributed by atoms with Gasteiger partial charge in [0.1, 0.15) is 0 Å². The van der Waals surface area contributed by atoms with Gasteiger partial charge in [-0.1, -0.05) is 6.92 Å². The molecule has 9 heteroatoms. The zero-order valence-corrected chi connectivity index (χ0v) is 15.5. The SMILES string of the molecule is CC(O)CC1C[C@@H](C)C[C@H]1C(=O)NCc1cc(C(F)(F)F)cc(C(F)(F)F)c1. The molecule has 1 saturated carbocycles. The van der Waals surface area contributed by atoms with Gasteiger partial charge in [-0.05, 0) is 61.8 Å². The van der Waals surface area contributed by atoms with E-state index in [0.29, 0.717) is 25.0 Å². The minimum Gasteiger partial charge on any atom is -0.393 e. The van der Waals surface area contributed by atoms with Crippen LogP contribution >= 0.6 is 0 Å². The van der Waals surface area contributed by atoms with Gasteiger partial charge in [-0.3, -0.25) is 4.79 Å². The van der Waals surface area contributed by atoms with Gasteiger partial charge in [-0.25, -0.2) is 0 Å². The van der Waals surface area contributed by atoms with Crippen LogP contribution in [0.1, 0.15) is 49.8 Å². The minimum absolute atomic E-state index is 0.0582. The highest BCUT2D eigenvalue weighted by Gasteiger charge is 2.38. The second-order valence-corrected chi connectivity index (χ2v) is 7.66. The number of benzene rings is 1. The van der Waals surface area contributed by atoms with Crippen LogP contribution in [0.2, 0.25) is 0 Å². The molecule has 1 aliphatic carbocycles. The van der Waals surface area contributed by atoms with Crippen molar-refractivity contribution < 1.29 is 36.2 Å². The maximum absolute atomic E-state index is 12.9. The minimum atomic E-state index is -4.93. The van der Waals surface area contributed by atoms with Gasteiger partial charge in [-0.2, -0.15) is 26.3 Å². The molecule has 2 rings (SSSR count). The number of hydrogen-bond acceptors (Lipinski definition) is 2. The van der Waals surface area contributed by atoms with E-state index in [9.17, 15) is 36.2 Å². The Kier molecular flexibility index (Phi) is 6.68. The van der Waals surface area contributed by atoms with Gasteiger partial charge in [0.15, 0.2) is 0 Å². The molecular weight excluding hydrogens is 388 g/mol. The van der Waals surface area contributed by atoms with E-state index in [1.54, 1.807) is 6.92 Å². The van der Waals surface area contributed by atoms with Crippen molar-refractivity contribution in [3.63, 3.8) is 0 Å². The fourth-order valence-corrected chi connectivity index (χ4v) is 3.86. The highest BCUT2D eigenvalue weighted by Crippen LogP contribution is 2.39. The number of hydrogen-bond donors (Lipinski definition) is 2. The monoisotopic (exact) mass is 411 g/mol. The number of nitrogens with one attached hydrogen (secondary N) is 1. The third-order valence-corrected chi connectivity index (χ3v) is 5.03. The maximum Gasteiger partial charge on any atom is 0.416 e. The summed E-state index contributed by atoms with van der Waals surface area (Å²) in [6, 6.07) is 1.28. The Bertz CT molecular complexity index is 666. The Hall–Kier alpha value is -1.77. The summed E-state index contributed by atoms with van der Waals surface area (Å²) in [5.74, 6) is -0.648. The van der Waals surface area contributed by atoms with E-state index >= 15 is 0 Å². The molecule has 2 unspecified atom stereocenters. The van der Waals surface area contributed by atoms with Gasteiger partial charge in [-0.15, -0.1) is 0 Å². The number of carbonyl (C=O) groups is 1. The summed E-state index contributed by atoms with van der Waals surface area (Å²) in [4.78, 5) is 12.5. The molecule has 4 atom stereocenters. The van der Waals surface area contributed by atoms with Gasteiger partial charge < -0.3 is 10.4 Å². The second kappa shape index (κ2) is 8.31. The predicted molar refractivity (Wildman–Crippen MR) is 90.0 cm³/mol. The van der Waals surface area contributed by atoms with E-state index in [-0.39, 0.29) is 23.5 Å². The lowest BCUT2D eigenvalue weighted by Crippen LogP contribution is -2.33. The van der Waals surface area contributed by atoms with Gasteiger partial charge in [0.25, 0.3) is 0 Å². The van der Waals surface area contributed by atoms with Gasteiger partial charge >= 0.3 is 12.4 Å². The molecule has 1 aromatic rings. The van der Waals surface area contributed by atoms with E-state index in [4.69, 9.17) is 0 Å². The van der Waals surface area contributed by atoms with Crippen LogP contribution in [0.4, 0.5) is 26.3 Å². The molecule has 0 heterocycles. The first-order valence-corrected chi connectivity index (χ1v) is 9.01. The number of carbonyl (C=O) groups excluding carboxylic acids is 1. The molecule has 3 nitrogen and oxygen atoms in total. The average Bonchev–Trinajstić information content (AvgIpc) is 2.90. The lowest BCUT2D eigenvalue weighted by molar-refractivity contribution is -0.143. The summed E-state index contributed by atoms with van der Waals surface area (Å²) in [7, 11) is 0. The number of amides is 1. The molecule has 0 aromatic heterocycles.